The van der Waals surface area contributed by atoms with Crippen molar-refractivity contribution in [1.82, 2.24) is 0 Å². The molecule has 0 spiro atoms. The Morgan fingerprint density at radius 3 is 1.87 bits per heavy atom. The average Bonchev–Trinajstić information content (AvgIpc) is 2.96. The van der Waals surface area contributed by atoms with Crippen LogP contribution >= 0.6 is 0 Å². The Morgan fingerprint density at radius 1 is 0.605 bits per heavy atom. The molecule has 2 aromatic rings. The highest BCUT2D eigenvalue weighted by Crippen LogP contribution is 2.36. The lowest BCUT2D eigenvalue weighted by Gasteiger charge is -2.48. The molecular formula is C28H36O10. The zero-order valence-corrected chi connectivity index (χ0v) is 21.6. The van der Waals surface area contributed by atoms with Gasteiger partial charge in [-0.3, -0.25) is 0 Å². The van der Waals surface area contributed by atoms with Gasteiger partial charge in [0.2, 0.25) is 0 Å². The van der Waals surface area contributed by atoms with E-state index in [1.54, 1.807) is 7.11 Å². The van der Waals surface area contributed by atoms with Crippen LogP contribution in [0.5, 0.6) is 11.5 Å². The average molecular weight is 533 g/mol. The van der Waals surface area contributed by atoms with Crippen LogP contribution in [0.2, 0.25) is 0 Å². The lowest BCUT2D eigenvalue weighted by Crippen LogP contribution is -2.63. The first kappa shape index (κ1) is 27.3. The highest BCUT2D eigenvalue weighted by Gasteiger charge is 2.51. The maximum Gasteiger partial charge on any atom is 0.186 e. The lowest BCUT2D eigenvalue weighted by molar-refractivity contribution is -0.368. The van der Waals surface area contributed by atoms with Gasteiger partial charge in [0, 0.05) is 12.7 Å². The largest absolute Gasteiger partial charge is 0.487 e. The highest BCUT2D eigenvalue weighted by molar-refractivity contribution is 5.39. The molecule has 5 rings (SSSR count). The van der Waals surface area contributed by atoms with Crippen molar-refractivity contribution in [3.63, 3.8) is 0 Å². The molecule has 0 bridgehead atoms. The van der Waals surface area contributed by atoms with Gasteiger partial charge in [-0.15, -0.1) is 0 Å². The van der Waals surface area contributed by atoms with Gasteiger partial charge >= 0.3 is 0 Å². The van der Waals surface area contributed by atoms with E-state index in [1.165, 1.54) is 0 Å². The van der Waals surface area contributed by atoms with Gasteiger partial charge in [0.1, 0.15) is 37.6 Å². The molecule has 3 heterocycles. The molecule has 38 heavy (non-hydrogen) atoms. The van der Waals surface area contributed by atoms with Crippen LogP contribution in [0.15, 0.2) is 54.6 Å². The molecule has 2 fully saturated rings. The maximum absolute atomic E-state index is 6.39. The van der Waals surface area contributed by atoms with E-state index in [0.717, 1.165) is 5.56 Å². The summed E-state index contributed by atoms with van der Waals surface area (Å²) in [5.74, 6) is 1.34. The molecule has 10 heteroatoms. The number of fused-ring (bicyclic) bond motifs is 4. The summed E-state index contributed by atoms with van der Waals surface area (Å²) in [5, 5.41) is 0. The number of hydrogen-bond acceptors (Lipinski definition) is 10. The second kappa shape index (κ2) is 14.2. The molecule has 0 saturated carbocycles. The normalized spacial score (nSPS) is 31.7. The van der Waals surface area contributed by atoms with Crippen molar-refractivity contribution in [3.05, 3.63) is 60.2 Å². The van der Waals surface area contributed by atoms with E-state index < -0.39 is 30.9 Å². The Morgan fingerprint density at radius 2 is 1.21 bits per heavy atom. The molecule has 6 atom stereocenters. The van der Waals surface area contributed by atoms with Crippen molar-refractivity contribution in [3.8, 4) is 11.5 Å². The summed E-state index contributed by atoms with van der Waals surface area (Å²) in [6.45, 7) is 3.32. The third kappa shape index (κ3) is 7.02. The van der Waals surface area contributed by atoms with Crippen LogP contribution in [-0.4, -0.2) is 97.3 Å². The van der Waals surface area contributed by atoms with Crippen molar-refractivity contribution in [2.45, 2.75) is 37.0 Å². The number of para-hydroxylation sites is 2. The fourth-order valence-electron chi connectivity index (χ4n) is 4.68. The molecule has 10 nitrogen and oxygen atoms in total. The number of ether oxygens (including phenoxy) is 10. The van der Waals surface area contributed by atoms with Crippen LogP contribution in [0, 0.1) is 0 Å². The van der Waals surface area contributed by atoms with Gasteiger partial charge in [0.25, 0.3) is 0 Å². The first-order chi connectivity index (χ1) is 18.8. The first-order valence-corrected chi connectivity index (χ1v) is 13.1. The van der Waals surface area contributed by atoms with Gasteiger partial charge < -0.3 is 47.4 Å². The number of methoxy groups -OCH3 is 1. The monoisotopic (exact) mass is 532 g/mol. The summed E-state index contributed by atoms with van der Waals surface area (Å²) >= 11 is 0. The minimum Gasteiger partial charge on any atom is -0.487 e. The van der Waals surface area contributed by atoms with Gasteiger partial charge in [-0.25, -0.2) is 0 Å². The fourth-order valence-corrected chi connectivity index (χ4v) is 4.68. The van der Waals surface area contributed by atoms with E-state index in [2.05, 4.69) is 0 Å². The van der Waals surface area contributed by atoms with E-state index in [-0.39, 0.29) is 6.10 Å². The van der Waals surface area contributed by atoms with E-state index in [0.29, 0.717) is 71.0 Å². The molecule has 0 amide bonds. The van der Waals surface area contributed by atoms with E-state index in [4.69, 9.17) is 47.4 Å². The highest BCUT2D eigenvalue weighted by atomic mass is 16.8. The van der Waals surface area contributed by atoms with Crippen molar-refractivity contribution >= 4 is 0 Å². The van der Waals surface area contributed by atoms with Gasteiger partial charge in [-0.2, -0.15) is 0 Å². The van der Waals surface area contributed by atoms with Crippen LogP contribution in [0.1, 0.15) is 11.9 Å². The summed E-state index contributed by atoms with van der Waals surface area (Å²) < 4.78 is 60.0. The van der Waals surface area contributed by atoms with Crippen LogP contribution in [0.3, 0.4) is 0 Å². The molecule has 0 aliphatic carbocycles. The van der Waals surface area contributed by atoms with Crippen molar-refractivity contribution in [2.24, 2.45) is 0 Å². The predicted molar refractivity (Wildman–Crippen MR) is 134 cm³/mol. The standard InChI is InChI=1S/C28H36O10/c1-29-28-26-25(24-23(37-28)19-36-27(38-24)20-7-3-2-4-8-20)34-17-13-30-11-15-32-21-9-5-6-10-22(21)33-16-12-31-14-18-35-26/h2-10,23-28H,11-19H2,1H3/t23-,24-,25-,26+,27-,28+/m1/s1. The number of benzene rings is 2. The van der Waals surface area contributed by atoms with Crippen molar-refractivity contribution in [1.29, 1.82) is 0 Å². The van der Waals surface area contributed by atoms with E-state index in [9.17, 15) is 0 Å². The Bertz CT molecular complexity index is 960. The molecular weight excluding hydrogens is 496 g/mol. The third-order valence-corrected chi connectivity index (χ3v) is 6.48. The number of rotatable bonds is 2. The Hall–Kier alpha value is -2.28. The lowest BCUT2D eigenvalue weighted by atomic mass is 9.97. The van der Waals surface area contributed by atoms with Crippen LogP contribution in [0.4, 0.5) is 0 Å². The molecule has 0 radical (unpaired) electrons. The summed E-state index contributed by atoms with van der Waals surface area (Å²) in [6.07, 6.45) is -2.98. The van der Waals surface area contributed by atoms with Crippen LogP contribution in [0.25, 0.3) is 0 Å². The summed E-state index contributed by atoms with van der Waals surface area (Å²) in [6, 6.07) is 17.4. The van der Waals surface area contributed by atoms with E-state index in [1.807, 2.05) is 54.6 Å². The van der Waals surface area contributed by atoms with Crippen molar-refractivity contribution < 1.29 is 47.4 Å². The molecule has 2 saturated heterocycles. The first-order valence-electron chi connectivity index (χ1n) is 13.1. The molecule has 3 aliphatic rings. The third-order valence-electron chi connectivity index (χ3n) is 6.48. The van der Waals surface area contributed by atoms with Crippen LogP contribution < -0.4 is 9.47 Å². The molecule has 208 valence electrons. The fraction of sp³-hybridized carbons (Fsp3) is 0.571. The van der Waals surface area contributed by atoms with Gasteiger partial charge in [0.05, 0.1) is 46.2 Å². The summed E-state index contributed by atoms with van der Waals surface area (Å²) in [5.41, 5.74) is 0.929. The minimum atomic E-state index is -0.651. The molecule has 0 N–H and O–H groups in total. The topological polar surface area (TPSA) is 92.3 Å². The number of hydrogen-bond donors (Lipinski definition) is 0. The maximum atomic E-state index is 6.39. The Labute approximate surface area is 222 Å². The quantitative estimate of drug-likeness (QED) is 0.575. The van der Waals surface area contributed by atoms with Crippen LogP contribution in [-0.2, 0) is 37.9 Å². The SMILES string of the molecule is CO[C@H]1O[C@@H]2CO[C@@H](c3ccccc3)O[C@H]2[C@H]2OCCOCCOc3ccccc3OCCOCCO[C@H]12. The van der Waals surface area contributed by atoms with E-state index >= 15 is 0 Å². The zero-order valence-electron chi connectivity index (χ0n) is 21.6. The smallest absolute Gasteiger partial charge is 0.186 e. The zero-order chi connectivity index (χ0) is 26.0. The summed E-state index contributed by atoms with van der Waals surface area (Å²) in [4.78, 5) is 0. The minimum absolute atomic E-state index is 0.319. The Balaban J connectivity index is 1.26. The second-order valence-electron chi connectivity index (χ2n) is 8.99. The molecule has 3 aliphatic heterocycles. The molecule has 0 aromatic heterocycles. The van der Waals surface area contributed by atoms with Gasteiger partial charge in [-0.1, -0.05) is 42.5 Å². The molecule has 0 unspecified atom stereocenters. The summed E-state index contributed by atoms with van der Waals surface area (Å²) in [7, 11) is 1.59. The second-order valence-corrected chi connectivity index (χ2v) is 8.99. The predicted octanol–water partition coefficient (Wildman–Crippen LogP) is 2.75. The van der Waals surface area contributed by atoms with Crippen molar-refractivity contribution in [2.75, 3.05) is 66.6 Å². The molecule has 2 aromatic carbocycles. The Kier molecular flexibility index (Phi) is 10.2. The van der Waals surface area contributed by atoms with Gasteiger partial charge in [0.15, 0.2) is 24.1 Å². The van der Waals surface area contributed by atoms with Gasteiger partial charge in [-0.05, 0) is 12.1 Å².